The van der Waals surface area contributed by atoms with Crippen LogP contribution in [-0.4, -0.2) is 30.6 Å². The van der Waals surface area contributed by atoms with Crippen molar-refractivity contribution >= 4 is 21.6 Å². The van der Waals surface area contributed by atoms with Crippen LogP contribution in [-0.2, 0) is 21.3 Å². The van der Waals surface area contributed by atoms with Gasteiger partial charge in [-0.2, -0.15) is 4.98 Å². The Balaban J connectivity index is 2.49. The smallest absolute Gasteiger partial charge is 0.236 e. The first-order valence-electron chi connectivity index (χ1n) is 4.58. The van der Waals surface area contributed by atoms with Gasteiger partial charge in [-0.15, -0.1) is 11.8 Å². The minimum absolute atomic E-state index is 0.179. The van der Waals surface area contributed by atoms with Crippen LogP contribution >= 0.6 is 11.8 Å². The molecule has 5 nitrogen and oxygen atoms in total. The molecule has 0 unspecified atom stereocenters. The Labute approximate surface area is 99.2 Å². The van der Waals surface area contributed by atoms with E-state index in [4.69, 9.17) is 4.52 Å². The van der Waals surface area contributed by atoms with Crippen LogP contribution in [0.2, 0.25) is 0 Å². The summed E-state index contributed by atoms with van der Waals surface area (Å²) in [6.45, 7) is 5.71. The quantitative estimate of drug-likeness (QED) is 0.722. The highest BCUT2D eigenvalue weighted by Gasteiger charge is 2.11. The average molecular weight is 262 g/mol. The molecule has 1 aromatic rings. The van der Waals surface area contributed by atoms with Crippen molar-refractivity contribution in [1.29, 1.82) is 0 Å². The van der Waals surface area contributed by atoms with Gasteiger partial charge >= 0.3 is 0 Å². The van der Waals surface area contributed by atoms with Gasteiger partial charge in [-0.25, -0.2) is 8.42 Å². The maximum atomic E-state index is 11.0. The normalized spacial score (nSPS) is 11.6. The minimum Gasteiger partial charge on any atom is -0.338 e. The van der Waals surface area contributed by atoms with Crippen molar-refractivity contribution < 1.29 is 12.9 Å². The van der Waals surface area contributed by atoms with Crippen LogP contribution in [0.5, 0.6) is 0 Å². The van der Waals surface area contributed by atoms with E-state index < -0.39 is 9.84 Å². The van der Waals surface area contributed by atoms with Gasteiger partial charge in [0, 0.05) is 12.0 Å². The van der Waals surface area contributed by atoms with Crippen molar-refractivity contribution in [1.82, 2.24) is 10.1 Å². The van der Waals surface area contributed by atoms with Crippen LogP contribution in [0.4, 0.5) is 0 Å². The molecule has 0 radical (unpaired) electrons. The van der Waals surface area contributed by atoms with Crippen molar-refractivity contribution in [3.8, 4) is 0 Å². The predicted molar refractivity (Wildman–Crippen MR) is 63.8 cm³/mol. The van der Waals surface area contributed by atoms with E-state index in [1.165, 1.54) is 0 Å². The summed E-state index contributed by atoms with van der Waals surface area (Å²) in [5.74, 6) is 1.88. The zero-order valence-electron chi connectivity index (χ0n) is 9.26. The first-order chi connectivity index (χ1) is 7.37. The third-order valence-electron chi connectivity index (χ3n) is 1.48. The molecule has 0 spiro atoms. The van der Waals surface area contributed by atoms with Crippen molar-refractivity contribution in [2.75, 3.05) is 12.0 Å². The van der Waals surface area contributed by atoms with Gasteiger partial charge in [-0.05, 0) is 6.92 Å². The van der Waals surface area contributed by atoms with Crippen molar-refractivity contribution in [3.05, 3.63) is 23.9 Å². The number of hydrogen-bond acceptors (Lipinski definition) is 6. The molecule has 0 saturated carbocycles. The van der Waals surface area contributed by atoms with E-state index in [1.807, 2.05) is 6.92 Å². The van der Waals surface area contributed by atoms with Gasteiger partial charge in [0.05, 0.1) is 5.75 Å². The van der Waals surface area contributed by atoms with Gasteiger partial charge in [0.25, 0.3) is 0 Å². The van der Waals surface area contributed by atoms with E-state index in [9.17, 15) is 8.42 Å². The summed E-state index contributed by atoms with van der Waals surface area (Å²) in [6, 6.07) is 0. The minimum atomic E-state index is -3.10. The summed E-state index contributed by atoms with van der Waals surface area (Å²) in [6.07, 6.45) is 1.14. The molecule has 7 heteroatoms. The number of hydrogen-bond donors (Lipinski definition) is 0. The molecule has 1 heterocycles. The summed E-state index contributed by atoms with van der Waals surface area (Å²) in [7, 11) is -3.10. The van der Waals surface area contributed by atoms with Gasteiger partial charge in [-0.3, -0.25) is 0 Å². The van der Waals surface area contributed by atoms with Crippen molar-refractivity contribution in [2.45, 2.75) is 18.4 Å². The fraction of sp³-hybridized carbons (Fsp3) is 0.556. The first-order valence-corrected chi connectivity index (χ1v) is 7.79. The molecule has 90 valence electrons. The second kappa shape index (κ2) is 5.49. The fourth-order valence-corrected chi connectivity index (χ4v) is 2.28. The summed E-state index contributed by atoms with van der Waals surface area (Å²) < 4.78 is 26.9. The van der Waals surface area contributed by atoms with Gasteiger partial charge in [0.1, 0.15) is 5.75 Å². The third-order valence-corrected chi connectivity index (χ3v) is 3.41. The number of aromatic nitrogens is 2. The molecule has 0 atom stereocenters. The highest BCUT2D eigenvalue weighted by atomic mass is 32.2. The molecule has 1 rings (SSSR count). The summed E-state index contributed by atoms with van der Waals surface area (Å²) in [5, 5.41) is 3.60. The van der Waals surface area contributed by atoms with Gasteiger partial charge in [0.15, 0.2) is 15.7 Å². The second-order valence-corrected chi connectivity index (χ2v) is 6.75. The summed E-state index contributed by atoms with van der Waals surface area (Å²) in [5.41, 5.74) is 1.07. The molecule has 16 heavy (non-hydrogen) atoms. The molecule has 0 bridgehead atoms. The Morgan fingerprint density at radius 2 is 2.25 bits per heavy atom. The largest absolute Gasteiger partial charge is 0.338 e. The van der Waals surface area contributed by atoms with Gasteiger partial charge < -0.3 is 4.52 Å². The first kappa shape index (κ1) is 13.2. The van der Waals surface area contributed by atoms with E-state index in [2.05, 4.69) is 16.7 Å². The maximum absolute atomic E-state index is 11.0. The van der Waals surface area contributed by atoms with E-state index in [1.54, 1.807) is 11.8 Å². The monoisotopic (exact) mass is 262 g/mol. The Morgan fingerprint density at radius 3 is 2.81 bits per heavy atom. The van der Waals surface area contributed by atoms with Crippen LogP contribution in [0.3, 0.4) is 0 Å². The zero-order valence-corrected chi connectivity index (χ0v) is 10.9. The summed E-state index contributed by atoms with van der Waals surface area (Å²) in [4.78, 5) is 3.99. The van der Waals surface area contributed by atoms with Crippen molar-refractivity contribution in [3.63, 3.8) is 0 Å². The SMILES string of the molecule is C=C(C)CSCc1nc(CS(C)(=O)=O)no1. The van der Waals surface area contributed by atoms with Crippen LogP contribution in [0.15, 0.2) is 16.7 Å². The summed E-state index contributed by atoms with van der Waals surface area (Å²) >= 11 is 1.60. The highest BCUT2D eigenvalue weighted by Crippen LogP contribution is 2.13. The highest BCUT2D eigenvalue weighted by molar-refractivity contribution is 7.98. The van der Waals surface area contributed by atoms with E-state index >= 15 is 0 Å². The standard InChI is InChI=1S/C9H14N2O3S2/c1-7(2)4-15-5-9-10-8(11-14-9)6-16(3,12)13/h1,4-6H2,2-3H3. The van der Waals surface area contributed by atoms with Crippen molar-refractivity contribution in [2.24, 2.45) is 0 Å². The molecule has 0 aliphatic heterocycles. The topological polar surface area (TPSA) is 73.1 Å². The predicted octanol–water partition coefficient (Wildman–Crippen LogP) is 1.42. The average Bonchev–Trinajstić information content (AvgIpc) is 2.48. The molecule has 0 aromatic carbocycles. The molecular weight excluding hydrogens is 248 g/mol. The molecule has 0 amide bonds. The Morgan fingerprint density at radius 1 is 1.56 bits per heavy atom. The van der Waals surface area contributed by atoms with Crippen LogP contribution in [0.1, 0.15) is 18.6 Å². The molecule has 0 N–H and O–H groups in total. The number of nitrogens with zero attached hydrogens (tertiary/aromatic N) is 2. The number of sulfone groups is 1. The van der Waals surface area contributed by atoms with E-state index in [0.717, 1.165) is 17.6 Å². The second-order valence-electron chi connectivity index (χ2n) is 3.62. The van der Waals surface area contributed by atoms with Crippen LogP contribution < -0.4 is 0 Å². The Kier molecular flexibility index (Phi) is 4.55. The molecule has 0 saturated heterocycles. The maximum Gasteiger partial charge on any atom is 0.236 e. The van der Waals surface area contributed by atoms with Gasteiger partial charge in [0.2, 0.25) is 5.89 Å². The zero-order chi connectivity index (χ0) is 12.2. The third kappa shape index (κ3) is 5.32. The lowest BCUT2D eigenvalue weighted by Crippen LogP contribution is -2.02. The molecular formula is C9H14N2O3S2. The Hall–Kier alpha value is -0.820. The Bertz CT molecular complexity index is 465. The van der Waals surface area contributed by atoms with E-state index in [0.29, 0.717) is 11.6 Å². The lowest BCUT2D eigenvalue weighted by Gasteiger charge is -1.95. The lowest BCUT2D eigenvalue weighted by molar-refractivity contribution is 0.386. The number of rotatable bonds is 6. The number of thioether (sulfide) groups is 1. The molecule has 1 aromatic heterocycles. The molecule has 0 aliphatic rings. The lowest BCUT2D eigenvalue weighted by atomic mass is 10.4. The van der Waals surface area contributed by atoms with Crippen LogP contribution in [0.25, 0.3) is 0 Å². The van der Waals surface area contributed by atoms with E-state index in [-0.39, 0.29) is 11.6 Å². The van der Waals surface area contributed by atoms with Gasteiger partial charge in [-0.1, -0.05) is 17.3 Å². The fourth-order valence-electron chi connectivity index (χ4n) is 0.954. The molecule has 0 fully saturated rings. The molecule has 0 aliphatic carbocycles. The van der Waals surface area contributed by atoms with Crippen LogP contribution in [0, 0.1) is 0 Å².